The molecule has 1 aromatic carbocycles. The van der Waals surface area contributed by atoms with Gasteiger partial charge >= 0.3 is 0 Å². The zero-order chi connectivity index (χ0) is 14.1. The van der Waals surface area contributed by atoms with Gasteiger partial charge in [0.1, 0.15) is 0 Å². The predicted octanol–water partition coefficient (Wildman–Crippen LogP) is 1.70. The smallest absolute Gasteiger partial charge is 0.243 e. The van der Waals surface area contributed by atoms with Crippen LogP contribution in [0.25, 0.3) is 0 Å². The largest absolute Gasteiger partial charge is 0.392 e. The average molecular weight is 301 g/mol. The number of sulfonamides is 1. The summed E-state index contributed by atoms with van der Waals surface area (Å²) < 4.78 is 26.6. The van der Waals surface area contributed by atoms with Gasteiger partial charge in [-0.15, -0.1) is 0 Å². The van der Waals surface area contributed by atoms with Gasteiger partial charge in [-0.05, 0) is 31.5 Å². The molecule has 0 spiro atoms. The molecule has 6 heteroatoms. The lowest BCUT2D eigenvalue weighted by atomic mass is 10.2. The van der Waals surface area contributed by atoms with Gasteiger partial charge < -0.3 is 5.11 Å². The molecule has 1 heterocycles. The highest BCUT2D eigenvalue weighted by Gasteiger charge is 2.34. The number of hydrogen-bond acceptors (Lipinski definition) is 4. The Hall–Kier alpha value is -0.560. The van der Waals surface area contributed by atoms with E-state index < -0.39 is 10.0 Å². The normalized spacial score (nSPS) is 20.4. The second-order valence-corrected chi connectivity index (χ2v) is 8.99. The molecule has 0 bridgehead atoms. The van der Waals surface area contributed by atoms with Crippen LogP contribution in [0.2, 0.25) is 0 Å². The van der Waals surface area contributed by atoms with Crippen LogP contribution in [0.4, 0.5) is 0 Å². The molecular formula is C13H19NO3S2. The van der Waals surface area contributed by atoms with Gasteiger partial charge in [-0.1, -0.05) is 12.1 Å². The minimum Gasteiger partial charge on any atom is -0.392 e. The van der Waals surface area contributed by atoms with E-state index in [1.54, 1.807) is 40.3 Å². The highest BCUT2D eigenvalue weighted by atomic mass is 32.2. The fourth-order valence-corrected chi connectivity index (χ4v) is 5.01. The van der Waals surface area contributed by atoms with Crippen LogP contribution < -0.4 is 0 Å². The van der Waals surface area contributed by atoms with Crippen LogP contribution in [0, 0.1) is 0 Å². The minimum absolute atomic E-state index is 0.0453. The van der Waals surface area contributed by atoms with Gasteiger partial charge in [0.05, 0.1) is 11.5 Å². The van der Waals surface area contributed by atoms with Crippen molar-refractivity contribution in [2.24, 2.45) is 0 Å². The number of rotatable bonds is 3. The van der Waals surface area contributed by atoms with E-state index in [0.29, 0.717) is 23.5 Å². The van der Waals surface area contributed by atoms with Crippen molar-refractivity contribution in [1.29, 1.82) is 0 Å². The van der Waals surface area contributed by atoms with Gasteiger partial charge in [0.25, 0.3) is 0 Å². The van der Waals surface area contributed by atoms with Crippen molar-refractivity contribution in [2.45, 2.75) is 30.1 Å². The van der Waals surface area contributed by atoms with Crippen LogP contribution in [0.15, 0.2) is 29.2 Å². The van der Waals surface area contributed by atoms with E-state index in [1.165, 1.54) is 0 Å². The van der Waals surface area contributed by atoms with Crippen molar-refractivity contribution in [3.63, 3.8) is 0 Å². The number of nitrogens with zero attached hydrogens (tertiary/aromatic N) is 1. The van der Waals surface area contributed by atoms with E-state index in [9.17, 15) is 8.42 Å². The lowest BCUT2D eigenvalue weighted by Gasteiger charge is -2.36. The van der Waals surface area contributed by atoms with Crippen molar-refractivity contribution in [1.82, 2.24) is 4.31 Å². The van der Waals surface area contributed by atoms with Crippen molar-refractivity contribution in [3.8, 4) is 0 Å². The van der Waals surface area contributed by atoms with E-state index in [2.05, 4.69) is 13.8 Å². The Morgan fingerprint density at radius 3 is 2.47 bits per heavy atom. The Morgan fingerprint density at radius 1 is 1.32 bits per heavy atom. The molecule has 2 rings (SSSR count). The van der Waals surface area contributed by atoms with Crippen LogP contribution in [-0.4, -0.2) is 41.4 Å². The van der Waals surface area contributed by atoms with Crippen LogP contribution >= 0.6 is 11.8 Å². The zero-order valence-electron chi connectivity index (χ0n) is 11.2. The molecule has 0 radical (unpaired) electrons. The molecular weight excluding hydrogens is 282 g/mol. The van der Waals surface area contributed by atoms with Crippen molar-refractivity contribution in [3.05, 3.63) is 29.8 Å². The van der Waals surface area contributed by atoms with Crippen LogP contribution in [0.3, 0.4) is 0 Å². The minimum atomic E-state index is -3.42. The first-order chi connectivity index (χ1) is 8.85. The summed E-state index contributed by atoms with van der Waals surface area (Å²) in [5.41, 5.74) is 0.716. The maximum atomic E-state index is 12.5. The second-order valence-electron chi connectivity index (χ2n) is 5.25. The van der Waals surface area contributed by atoms with Crippen molar-refractivity contribution < 1.29 is 13.5 Å². The Morgan fingerprint density at radius 2 is 1.95 bits per heavy atom. The van der Waals surface area contributed by atoms with Gasteiger partial charge in [0, 0.05) is 23.6 Å². The molecule has 4 nitrogen and oxygen atoms in total. The summed E-state index contributed by atoms with van der Waals surface area (Å²) in [5, 5.41) is 8.99. The number of benzene rings is 1. The number of hydrogen-bond donors (Lipinski definition) is 1. The molecule has 0 atom stereocenters. The zero-order valence-corrected chi connectivity index (χ0v) is 12.8. The summed E-state index contributed by atoms with van der Waals surface area (Å²) in [6.45, 7) is 5.13. The van der Waals surface area contributed by atoms with Gasteiger partial charge in [-0.3, -0.25) is 0 Å². The molecule has 1 aliphatic rings. The molecule has 1 saturated heterocycles. The monoisotopic (exact) mass is 301 g/mol. The van der Waals surface area contributed by atoms with Gasteiger partial charge in [0.15, 0.2) is 0 Å². The Kier molecular flexibility index (Phi) is 4.25. The van der Waals surface area contributed by atoms with Gasteiger partial charge in [0.2, 0.25) is 10.0 Å². The second kappa shape index (κ2) is 5.44. The summed E-state index contributed by atoms with van der Waals surface area (Å²) in [5.74, 6) is 0.820. The van der Waals surface area contributed by atoms with E-state index in [1.807, 2.05) is 0 Å². The number of aliphatic hydroxyl groups is 1. The van der Waals surface area contributed by atoms with Gasteiger partial charge in [-0.25, -0.2) is 8.42 Å². The van der Waals surface area contributed by atoms with E-state index in [-0.39, 0.29) is 11.4 Å². The lowest BCUT2D eigenvalue weighted by molar-refractivity contribution is 0.281. The molecule has 1 aromatic rings. The summed E-state index contributed by atoms with van der Waals surface area (Å²) >= 11 is 1.80. The maximum Gasteiger partial charge on any atom is 0.243 e. The van der Waals surface area contributed by atoms with E-state index >= 15 is 0 Å². The van der Waals surface area contributed by atoms with E-state index in [0.717, 1.165) is 5.75 Å². The Labute approximate surface area is 118 Å². The Bertz CT molecular complexity index is 538. The van der Waals surface area contributed by atoms with Gasteiger partial charge in [-0.2, -0.15) is 16.1 Å². The first-order valence-corrected chi connectivity index (χ1v) is 8.62. The Balaban J connectivity index is 2.26. The fraction of sp³-hybridized carbons (Fsp3) is 0.538. The molecule has 1 fully saturated rings. The third-order valence-electron chi connectivity index (χ3n) is 3.13. The summed E-state index contributed by atoms with van der Waals surface area (Å²) in [7, 11) is -3.42. The first kappa shape index (κ1) is 14.8. The topological polar surface area (TPSA) is 57.6 Å². The third-order valence-corrected chi connectivity index (χ3v) is 6.29. The lowest BCUT2D eigenvalue weighted by Crippen LogP contribution is -2.46. The molecule has 0 amide bonds. The molecule has 19 heavy (non-hydrogen) atoms. The number of thioether (sulfide) groups is 1. The van der Waals surface area contributed by atoms with Crippen molar-refractivity contribution in [2.75, 3.05) is 18.8 Å². The fourth-order valence-electron chi connectivity index (χ4n) is 2.09. The molecule has 106 valence electrons. The molecule has 1 N–H and O–H groups in total. The maximum absolute atomic E-state index is 12.5. The molecule has 0 saturated carbocycles. The summed E-state index contributed by atoms with van der Waals surface area (Å²) in [6, 6.07) is 6.43. The molecule has 1 aliphatic heterocycles. The molecule has 0 unspecified atom stereocenters. The highest BCUT2D eigenvalue weighted by molar-refractivity contribution is 8.00. The molecule has 0 aliphatic carbocycles. The molecule has 0 aromatic heterocycles. The predicted molar refractivity (Wildman–Crippen MR) is 77.7 cm³/mol. The highest BCUT2D eigenvalue weighted by Crippen LogP contribution is 2.32. The number of aliphatic hydroxyl groups excluding tert-OH is 1. The summed E-state index contributed by atoms with van der Waals surface area (Å²) in [4.78, 5) is 0.299. The first-order valence-electron chi connectivity index (χ1n) is 6.19. The van der Waals surface area contributed by atoms with E-state index in [4.69, 9.17) is 5.11 Å². The quantitative estimate of drug-likeness (QED) is 0.923. The van der Waals surface area contributed by atoms with Crippen LogP contribution in [0.1, 0.15) is 19.4 Å². The van der Waals surface area contributed by atoms with Crippen LogP contribution in [0.5, 0.6) is 0 Å². The SMILES string of the molecule is CC1(C)CN(S(=O)(=O)c2ccc(CO)cc2)CCS1. The standard InChI is InChI=1S/C13H19NO3S2/c1-13(2)10-14(7-8-18-13)19(16,17)12-5-3-11(9-15)4-6-12/h3-6,15H,7-10H2,1-2H3. The third kappa shape index (κ3) is 3.31. The van der Waals surface area contributed by atoms with Crippen LogP contribution in [-0.2, 0) is 16.6 Å². The average Bonchev–Trinajstić information content (AvgIpc) is 2.37. The van der Waals surface area contributed by atoms with Crippen molar-refractivity contribution >= 4 is 21.8 Å². The summed E-state index contributed by atoms with van der Waals surface area (Å²) in [6.07, 6.45) is 0.